The summed E-state index contributed by atoms with van der Waals surface area (Å²) in [5, 5.41) is 7.79. The fourth-order valence-corrected chi connectivity index (χ4v) is 1.52. The molecule has 0 aliphatic heterocycles. The molecule has 6 nitrogen and oxygen atoms in total. The number of amidine groups is 1. The van der Waals surface area contributed by atoms with E-state index in [1.54, 1.807) is 14.1 Å². The molecular weight excluding hydrogens is 244 g/mol. The molecule has 0 heterocycles. The largest absolute Gasteiger partial charge is 0.327 e. The quantitative estimate of drug-likeness (QED) is 0.385. The zero-order valence-electron chi connectivity index (χ0n) is 11.3. The van der Waals surface area contributed by atoms with Crippen LogP contribution >= 0.6 is 0 Å². The van der Waals surface area contributed by atoms with Crippen molar-refractivity contribution in [3.05, 3.63) is 30.3 Å². The van der Waals surface area contributed by atoms with Gasteiger partial charge in [-0.15, -0.1) is 0 Å². The van der Waals surface area contributed by atoms with E-state index in [1.165, 1.54) is 9.91 Å². The predicted octanol–water partition coefficient (Wildman–Crippen LogP) is 1.30. The molecule has 0 unspecified atom stereocenters. The summed E-state index contributed by atoms with van der Waals surface area (Å²) in [6, 6.07) is 8.83. The van der Waals surface area contributed by atoms with Crippen molar-refractivity contribution in [2.75, 3.05) is 25.5 Å². The minimum absolute atomic E-state index is 0.0237. The lowest BCUT2D eigenvalue weighted by Crippen LogP contribution is -2.44. The number of benzene rings is 1. The van der Waals surface area contributed by atoms with Gasteiger partial charge < -0.3 is 5.01 Å². The Kier molecular flexibility index (Phi) is 5.53. The molecular formula is C13H18N4O2. The van der Waals surface area contributed by atoms with Crippen LogP contribution in [-0.4, -0.2) is 43.8 Å². The van der Waals surface area contributed by atoms with Gasteiger partial charge in [0.15, 0.2) is 12.1 Å². The molecule has 0 bridgehead atoms. The zero-order chi connectivity index (χ0) is 14.3. The molecule has 2 amide bonds. The number of anilines is 1. The lowest BCUT2D eigenvalue weighted by Gasteiger charge is -2.21. The van der Waals surface area contributed by atoms with Crippen molar-refractivity contribution in [3.8, 4) is 0 Å². The lowest BCUT2D eigenvalue weighted by atomic mass is 10.3. The Hall–Kier alpha value is -2.37. The second-order valence-electron chi connectivity index (χ2n) is 3.96. The van der Waals surface area contributed by atoms with Crippen LogP contribution in [-0.2, 0) is 4.79 Å². The van der Waals surface area contributed by atoms with Crippen molar-refractivity contribution in [1.29, 1.82) is 0 Å². The molecule has 0 spiro atoms. The summed E-state index contributed by atoms with van der Waals surface area (Å²) in [4.78, 5) is 24.4. The zero-order valence-corrected chi connectivity index (χ0v) is 11.3. The van der Waals surface area contributed by atoms with Crippen molar-refractivity contribution in [1.82, 2.24) is 10.3 Å². The number of hydrogen-bond donors (Lipinski definition) is 1. The maximum atomic E-state index is 12.1. The minimum atomic E-state index is -0.388. The molecule has 19 heavy (non-hydrogen) atoms. The van der Waals surface area contributed by atoms with Gasteiger partial charge in [0.2, 0.25) is 0 Å². The molecule has 102 valence electrons. The molecule has 6 heteroatoms. The second-order valence-corrected chi connectivity index (χ2v) is 3.96. The molecule has 1 N–H and O–H groups in total. The molecule has 0 aromatic heterocycles. The van der Waals surface area contributed by atoms with Gasteiger partial charge in [-0.25, -0.2) is 4.79 Å². The number of hydrazone groups is 1. The molecule has 1 aromatic carbocycles. The van der Waals surface area contributed by atoms with Gasteiger partial charge in [0.05, 0.1) is 0 Å². The van der Waals surface area contributed by atoms with E-state index in [1.807, 2.05) is 37.3 Å². The van der Waals surface area contributed by atoms with Crippen LogP contribution in [0.5, 0.6) is 0 Å². The van der Waals surface area contributed by atoms with Crippen molar-refractivity contribution in [2.24, 2.45) is 5.10 Å². The number of nitrogens with one attached hydrogen (secondary N) is 1. The summed E-state index contributed by atoms with van der Waals surface area (Å²) in [5.41, 5.74) is 0.762. The van der Waals surface area contributed by atoms with Crippen LogP contribution in [0.3, 0.4) is 0 Å². The third-order valence-electron chi connectivity index (χ3n) is 2.28. The van der Waals surface area contributed by atoms with Crippen molar-refractivity contribution >= 4 is 23.8 Å². The number of amides is 2. The van der Waals surface area contributed by atoms with E-state index in [9.17, 15) is 9.59 Å². The van der Waals surface area contributed by atoms with Crippen LogP contribution in [0, 0.1) is 0 Å². The monoisotopic (exact) mass is 262 g/mol. The molecule has 0 fully saturated rings. The van der Waals surface area contributed by atoms with E-state index >= 15 is 0 Å². The second kappa shape index (κ2) is 7.15. The first kappa shape index (κ1) is 14.7. The topological polar surface area (TPSA) is 65.0 Å². The summed E-state index contributed by atoms with van der Waals surface area (Å²) in [7, 11) is 3.34. The maximum absolute atomic E-state index is 12.1. The third-order valence-corrected chi connectivity index (χ3v) is 2.28. The van der Waals surface area contributed by atoms with E-state index in [0.717, 1.165) is 5.69 Å². The Labute approximate surface area is 112 Å². The van der Waals surface area contributed by atoms with Gasteiger partial charge in [0.1, 0.15) is 0 Å². The molecule has 0 aliphatic rings. The molecule has 0 saturated heterocycles. The molecule has 0 atom stereocenters. The van der Waals surface area contributed by atoms with E-state index in [4.69, 9.17) is 0 Å². The van der Waals surface area contributed by atoms with Gasteiger partial charge in [0.25, 0.3) is 0 Å². The van der Waals surface area contributed by atoms with E-state index < -0.39 is 0 Å². The highest BCUT2D eigenvalue weighted by atomic mass is 16.2. The van der Waals surface area contributed by atoms with Gasteiger partial charge in [-0.1, -0.05) is 18.2 Å². The van der Waals surface area contributed by atoms with Crippen molar-refractivity contribution in [3.63, 3.8) is 0 Å². The average Bonchev–Trinajstić information content (AvgIpc) is 2.39. The fourth-order valence-electron chi connectivity index (χ4n) is 1.52. The number of aldehydes is 1. The Morgan fingerprint density at radius 2 is 1.95 bits per heavy atom. The lowest BCUT2D eigenvalue weighted by molar-refractivity contribution is -0.102. The van der Waals surface area contributed by atoms with E-state index in [-0.39, 0.29) is 11.9 Å². The SMILES string of the molecule is CCN(C(=O)NC(C=O)=NN(C)C)c1ccccc1. The summed E-state index contributed by atoms with van der Waals surface area (Å²) in [5.74, 6) is -0.0237. The molecule has 1 aromatic rings. The molecule has 0 aliphatic carbocycles. The highest BCUT2D eigenvalue weighted by Gasteiger charge is 2.15. The highest BCUT2D eigenvalue weighted by molar-refractivity contribution is 6.31. The van der Waals surface area contributed by atoms with E-state index in [0.29, 0.717) is 12.8 Å². The number of urea groups is 1. The minimum Gasteiger partial charge on any atom is -0.301 e. The summed E-state index contributed by atoms with van der Waals surface area (Å²) < 4.78 is 0. The Bertz CT molecular complexity index is 457. The number of carbonyl (C=O) groups excluding carboxylic acids is 2. The van der Waals surface area contributed by atoms with Gasteiger partial charge >= 0.3 is 6.03 Å². The van der Waals surface area contributed by atoms with Gasteiger partial charge in [-0.05, 0) is 19.1 Å². The number of para-hydroxylation sites is 1. The van der Waals surface area contributed by atoms with Gasteiger partial charge in [-0.3, -0.25) is 15.0 Å². The van der Waals surface area contributed by atoms with Gasteiger partial charge in [0, 0.05) is 26.3 Å². The molecule has 0 radical (unpaired) electrons. The van der Waals surface area contributed by atoms with Gasteiger partial charge in [-0.2, -0.15) is 5.10 Å². The van der Waals surface area contributed by atoms with Crippen molar-refractivity contribution < 1.29 is 9.59 Å². The van der Waals surface area contributed by atoms with Crippen LogP contribution in [0.2, 0.25) is 0 Å². The first-order valence-electron chi connectivity index (χ1n) is 5.93. The van der Waals surface area contributed by atoms with Crippen LogP contribution in [0.25, 0.3) is 0 Å². The highest BCUT2D eigenvalue weighted by Crippen LogP contribution is 2.12. The number of carbonyl (C=O) groups is 2. The van der Waals surface area contributed by atoms with E-state index in [2.05, 4.69) is 10.4 Å². The number of nitrogens with zero attached hydrogens (tertiary/aromatic N) is 3. The third kappa shape index (κ3) is 4.42. The summed E-state index contributed by atoms with van der Waals surface area (Å²) in [6.45, 7) is 2.35. The number of hydrogen-bond acceptors (Lipinski definition) is 4. The Morgan fingerprint density at radius 1 is 1.32 bits per heavy atom. The first-order chi connectivity index (χ1) is 9.08. The van der Waals surface area contributed by atoms with Crippen LogP contribution in [0.15, 0.2) is 35.4 Å². The average molecular weight is 262 g/mol. The number of rotatable bonds is 4. The Morgan fingerprint density at radius 3 is 2.42 bits per heavy atom. The summed E-state index contributed by atoms with van der Waals surface area (Å²) in [6.07, 6.45) is 0.511. The van der Waals surface area contributed by atoms with Crippen LogP contribution in [0.1, 0.15) is 6.92 Å². The van der Waals surface area contributed by atoms with Crippen LogP contribution in [0.4, 0.5) is 10.5 Å². The normalized spacial score (nSPS) is 10.8. The maximum Gasteiger partial charge on any atom is 0.327 e. The predicted molar refractivity (Wildman–Crippen MR) is 75.2 cm³/mol. The molecule has 0 saturated carbocycles. The smallest absolute Gasteiger partial charge is 0.301 e. The standard InChI is InChI=1S/C13H18N4O2/c1-4-17(11-8-6-5-7-9-11)13(19)14-12(10-18)15-16(2)3/h5-10H,4H2,1-3H3,(H,14,15,19). The summed E-state index contributed by atoms with van der Waals surface area (Å²) >= 11 is 0. The van der Waals surface area contributed by atoms with Crippen molar-refractivity contribution in [2.45, 2.75) is 6.92 Å². The Balaban J connectivity index is 2.83. The first-order valence-corrected chi connectivity index (χ1v) is 5.93. The van der Waals surface area contributed by atoms with Crippen LogP contribution < -0.4 is 10.2 Å². The molecule has 1 rings (SSSR count). The fraction of sp³-hybridized carbons (Fsp3) is 0.308.